The molecule has 0 saturated heterocycles. The molecule has 3 atom stereocenters. The normalized spacial score (nSPS) is 23.1. The number of aromatic nitrogens is 5. The highest BCUT2D eigenvalue weighted by Gasteiger charge is 2.65. The summed E-state index contributed by atoms with van der Waals surface area (Å²) >= 11 is 0. The Kier molecular flexibility index (Phi) is 5.33. The molecule has 1 saturated carbocycles. The summed E-state index contributed by atoms with van der Waals surface area (Å²) in [5, 5.41) is 19.1. The van der Waals surface area contributed by atoms with Gasteiger partial charge in [0.05, 0.1) is 34.3 Å². The van der Waals surface area contributed by atoms with Gasteiger partial charge in [0, 0.05) is 13.1 Å². The van der Waals surface area contributed by atoms with Gasteiger partial charge in [-0.15, -0.1) is 5.10 Å². The van der Waals surface area contributed by atoms with E-state index in [2.05, 4.69) is 34.0 Å². The Labute approximate surface area is 221 Å². The maximum atomic E-state index is 14.5. The van der Waals surface area contributed by atoms with Crippen molar-refractivity contribution in [2.24, 2.45) is 5.41 Å². The summed E-state index contributed by atoms with van der Waals surface area (Å²) in [5.74, 6) is -4.94. The maximum Gasteiger partial charge on any atom is 0.278 e. The van der Waals surface area contributed by atoms with Crippen molar-refractivity contribution in [2.45, 2.75) is 63.4 Å². The number of rotatable bonds is 5. The number of hydrogen-bond donors (Lipinski definition) is 1. The average molecular weight is 540 g/mol. The first-order chi connectivity index (χ1) is 18.3. The lowest BCUT2D eigenvalue weighted by atomic mass is 9.66. The smallest absolute Gasteiger partial charge is 0.278 e. The van der Waals surface area contributed by atoms with Crippen LogP contribution in [0, 0.1) is 17.0 Å². The number of hydrogen-bond acceptors (Lipinski definition) is 7. The molecular formula is C28H25F4N5O2. The third-order valence-electron chi connectivity index (χ3n) is 8.75. The Morgan fingerprint density at radius 3 is 2.44 bits per heavy atom. The minimum atomic E-state index is -3.47. The van der Waals surface area contributed by atoms with E-state index in [1.807, 2.05) is 0 Å². The molecule has 2 bridgehead atoms. The van der Waals surface area contributed by atoms with Crippen LogP contribution >= 0.6 is 0 Å². The first kappa shape index (κ1) is 25.5. The number of halogens is 4. The molecule has 0 radical (unpaired) electrons. The van der Waals surface area contributed by atoms with Crippen LogP contribution in [0.3, 0.4) is 0 Å². The fourth-order valence-corrected chi connectivity index (χ4v) is 6.27. The molecule has 39 heavy (non-hydrogen) atoms. The lowest BCUT2D eigenvalue weighted by Gasteiger charge is -2.37. The van der Waals surface area contributed by atoms with Crippen LogP contribution in [0.25, 0.3) is 22.8 Å². The average Bonchev–Trinajstić information content (AvgIpc) is 3.52. The van der Waals surface area contributed by atoms with Crippen molar-refractivity contribution in [3.05, 3.63) is 77.2 Å². The minimum Gasteiger partial charge on any atom is -0.443 e. The van der Waals surface area contributed by atoms with Gasteiger partial charge >= 0.3 is 0 Å². The number of oxazole rings is 1. The molecule has 6 rings (SSSR count). The zero-order valence-corrected chi connectivity index (χ0v) is 21.6. The Morgan fingerprint density at radius 2 is 1.74 bits per heavy atom. The highest BCUT2D eigenvalue weighted by Crippen LogP contribution is 2.69. The first-order valence-corrected chi connectivity index (χ1v) is 12.5. The maximum absolute atomic E-state index is 14.5. The predicted octanol–water partition coefficient (Wildman–Crippen LogP) is 5.93. The summed E-state index contributed by atoms with van der Waals surface area (Å²) < 4.78 is 62.4. The quantitative estimate of drug-likeness (QED) is 0.314. The fourth-order valence-electron chi connectivity index (χ4n) is 6.27. The molecule has 3 aromatic heterocycles. The van der Waals surface area contributed by atoms with Crippen molar-refractivity contribution in [1.82, 2.24) is 25.1 Å². The minimum absolute atomic E-state index is 0.0252. The van der Waals surface area contributed by atoms with Crippen molar-refractivity contribution in [3.63, 3.8) is 0 Å². The van der Waals surface area contributed by atoms with Crippen molar-refractivity contribution >= 4 is 0 Å². The van der Waals surface area contributed by atoms with Gasteiger partial charge in [0.2, 0.25) is 5.89 Å². The zero-order valence-electron chi connectivity index (χ0n) is 21.6. The molecule has 202 valence electrons. The summed E-state index contributed by atoms with van der Waals surface area (Å²) in [6.07, 6.45) is 5.48. The predicted molar refractivity (Wildman–Crippen MR) is 132 cm³/mol. The van der Waals surface area contributed by atoms with Crippen LogP contribution in [-0.2, 0) is 11.0 Å². The van der Waals surface area contributed by atoms with Crippen molar-refractivity contribution in [1.29, 1.82) is 0 Å². The summed E-state index contributed by atoms with van der Waals surface area (Å²) in [5.41, 5.74) is -1.82. The molecule has 0 aliphatic heterocycles. The SMILES string of the molecule is CC1(C)[C@H]2CC[C@]1(c1cncc(-c3nc([C@](C)(O)C(C)(F)F)co3)n1)c1nnc(-c3c(F)cccc3F)cc12. The van der Waals surface area contributed by atoms with Crippen molar-refractivity contribution < 1.29 is 27.1 Å². The summed E-state index contributed by atoms with van der Waals surface area (Å²) in [7, 11) is 0. The van der Waals surface area contributed by atoms with Gasteiger partial charge in [0.25, 0.3) is 5.92 Å². The second-order valence-corrected chi connectivity index (χ2v) is 11.1. The van der Waals surface area contributed by atoms with Crippen LogP contribution in [-0.4, -0.2) is 36.2 Å². The van der Waals surface area contributed by atoms with E-state index in [9.17, 15) is 22.7 Å². The third-order valence-corrected chi connectivity index (χ3v) is 8.75. The van der Waals surface area contributed by atoms with E-state index < -0.39 is 34.0 Å². The molecule has 1 aromatic carbocycles. The summed E-state index contributed by atoms with van der Waals surface area (Å²) in [4.78, 5) is 13.2. The Bertz CT molecular complexity index is 1590. The first-order valence-electron chi connectivity index (χ1n) is 12.5. The topological polar surface area (TPSA) is 97.8 Å². The lowest BCUT2D eigenvalue weighted by molar-refractivity contribution is -0.167. The molecule has 3 heterocycles. The monoisotopic (exact) mass is 539 g/mol. The van der Waals surface area contributed by atoms with Gasteiger partial charge in [-0.05, 0) is 54.9 Å². The van der Waals surface area contributed by atoms with E-state index in [1.165, 1.54) is 24.4 Å². The van der Waals surface area contributed by atoms with Gasteiger partial charge in [0.15, 0.2) is 5.60 Å². The molecule has 2 aliphatic rings. The van der Waals surface area contributed by atoms with Gasteiger partial charge < -0.3 is 9.52 Å². The third kappa shape index (κ3) is 3.41. The number of nitrogens with zero attached hydrogens (tertiary/aromatic N) is 5. The van der Waals surface area contributed by atoms with Crippen LogP contribution < -0.4 is 0 Å². The van der Waals surface area contributed by atoms with E-state index in [0.29, 0.717) is 24.7 Å². The van der Waals surface area contributed by atoms with Crippen LogP contribution in [0.4, 0.5) is 17.6 Å². The van der Waals surface area contributed by atoms with Crippen LogP contribution in [0.5, 0.6) is 0 Å². The van der Waals surface area contributed by atoms with E-state index in [1.54, 1.807) is 12.3 Å². The molecule has 11 heteroatoms. The molecule has 0 amide bonds. The standard InChI is InChI=1S/C28H25F4N5O2/c1-25(2)15-8-9-28(25,23-14(15)10-18(36-37-23)22-16(29)6-5-7-17(22)30)20-12-33-11-19(34-20)24-35-21(13-39-24)26(3,38)27(4,31)32/h5-7,10-13,15,38H,8-9H2,1-4H3/t15-,26-,28-/m0/s1. The van der Waals surface area contributed by atoms with Crippen LogP contribution in [0.2, 0.25) is 0 Å². The molecule has 2 aliphatic carbocycles. The summed E-state index contributed by atoms with van der Waals surface area (Å²) in [6.45, 7) is 5.75. The highest BCUT2D eigenvalue weighted by atomic mass is 19.3. The summed E-state index contributed by atoms with van der Waals surface area (Å²) in [6, 6.07) is 5.37. The zero-order chi connectivity index (χ0) is 28.0. The Morgan fingerprint density at radius 1 is 1.03 bits per heavy atom. The fraction of sp³-hybridized carbons (Fsp3) is 0.393. The number of benzene rings is 1. The largest absolute Gasteiger partial charge is 0.443 e. The number of alkyl halides is 2. The molecule has 7 nitrogen and oxygen atoms in total. The van der Waals surface area contributed by atoms with E-state index >= 15 is 0 Å². The highest BCUT2D eigenvalue weighted by molar-refractivity contribution is 5.64. The van der Waals surface area contributed by atoms with E-state index in [4.69, 9.17) is 9.40 Å². The Hall–Kier alpha value is -3.73. The molecule has 4 aromatic rings. The lowest BCUT2D eigenvalue weighted by Crippen LogP contribution is -2.40. The molecule has 1 fully saturated rings. The van der Waals surface area contributed by atoms with Gasteiger partial charge in [-0.3, -0.25) is 4.98 Å². The Balaban J connectivity index is 1.45. The van der Waals surface area contributed by atoms with E-state index in [-0.39, 0.29) is 34.5 Å². The second kappa shape index (κ2) is 8.14. The molecule has 0 unspecified atom stereocenters. The molecule has 0 spiro atoms. The second-order valence-electron chi connectivity index (χ2n) is 11.1. The van der Waals surface area contributed by atoms with Crippen LogP contribution in [0.1, 0.15) is 69.1 Å². The van der Waals surface area contributed by atoms with Gasteiger partial charge in [-0.1, -0.05) is 19.9 Å². The van der Waals surface area contributed by atoms with E-state index in [0.717, 1.165) is 25.2 Å². The van der Waals surface area contributed by atoms with Gasteiger partial charge in [0.1, 0.15) is 29.3 Å². The van der Waals surface area contributed by atoms with Crippen molar-refractivity contribution in [2.75, 3.05) is 0 Å². The van der Waals surface area contributed by atoms with Gasteiger partial charge in [-0.25, -0.2) is 27.5 Å². The van der Waals surface area contributed by atoms with Crippen molar-refractivity contribution in [3.8, 4) is 22.8 Å². The number of aliphatic hydroxyl groups is 1. The molecule has 1 N–H and O–H groups in total. The van der Waals surface area contributed by atoms with Crippen LogP contribution in [0.15, 0.2) is 47.3 Å². The number of fused-ring (bicyclic) bond motifs is 5. The molecular weight excluding hydrogens is 514 g/mol. The van der Waals surface area contributed by atoms with Gasteiger partial charge in [-0.2, -0.15) is 5.10 Å².